The average Bonchev–Trinajstić information content (AvgIpc) is 2.92. The van der Waals surface area contributed by atoms with Crippen LogP contribution in [0, 0.1) is 0 Å². The summed E-state index contributed by atoms with van der Waals surface area (Å²) in [6, 6.07) is 41.5. The molecule has 0 aromatic heterocycles. The highest BCUT2D eigenvalue weighted by molar-refractivity contribution is 6.26. The Morgan fingerprint density at radius 3 is 1.63 bits per heavy atom. The number of hydrogen-bond acceptors (Lipinski definition) is 0. The summed E-state index contributed by atoms with van der Waals surface area (Å²) in [4.78, 5) is 0. The number of aryl methyl sites for hydroxylation is 4. The average molecular weight is 483 g/mol. The van der Waals surface area contributed by atoms with Crippen LogP contribution in [0.4, 0.5) is 0 Å². The molecule has 0 aliphatic heterocycles. The normalized spacial score (nSPS) is 13.9. The van der Waals surface area contributed by atoms with Gasteiger partial charge in [0.1, 0.15) is 0 Å². The molecule has 2 aliphatic carbocycles. The third kappa shape index (κ3) is 2.70. The predicted molar refractivity (Wildman–Crippen MR) is 162 cm³/mol. The van der Waals surface area contributed by atoms with Crippen LogP contribution in [0.15, 0.2) is 109 Å². The van der Waals surface area contributed by atoms with Crippen molar-refractivity contribution >= 4 is 43.1 Å². The lowest BCUT2D eigenvalue weighted by Crippen LogP contribution is -2.09. The van der Waals surface area contributed by atoms with Gasteiger partial charge in [0.15, 0.2) is 0 Å². The Morgan fingerprint density at radius 1 is 0.395 bits per heavy atom. The number of hydrogen-bond donors (Lipinski definition) is 0. The SMILES string of the molecule is c1ccc2c(c1)cc(-c1c3ccccc3c(-c3ccc4c(c3)CC4)c3ccccc13)c1ccc3c(c12)CC3. The van der Waals surface area contributed by atoms with E-state index in [1.54, 1.807) is 5.56 Å². The fourth-order valence-corrected chi connectivity index (χ4v) is 7.20. The summed E-state index contributed by atoms with van der Waals surface area (Å²) in [7, 11) is 0. The Hall–Kier alpha value is -4.42. The zero-order chi connectivity index (χ0) is 24.8. The van der Waals surface area contributed by atoms with Crippen LogP contribution in [0.2, 0.25) is 0 Å². The van der Waals surface area contributed by atoms with Crippen molar-refractivity contribution in [1.29, 1.82) is 0 Å². The minimum absolute atomic E-state index is 1.18. The molecule has 178 valence electrons. The summed E-state index contributed by atoms with van der Waals surface area (Å²) in [5, 5.41) is 10.9. The van der Waals surface area contributed by atoms with E-state index < -0.39 is 0 Å². The van der Waals surface area contributed by atoms with Gasteiger partial charge in [0, 0.05) is 0 Å². The molecule has 0 saturated carbocycles. The molecular formula is C38H26. The van der Waals surface area contributed by atoms with Gasteiger partial charge in [-0.1, -0.05) is 103 Å². The van der Waals surface area contributed by atoms with Crippen molar-refractivity contribution in [2.24, 2.45) is 0 Å². The lowest BCUT2D eigenvalue weighted by Gasteiger charge is -2.25. The predicted octanol–water partition coefficient (Wildman–Crippen LogP) is 9.83. The van der Waals surface area contributed by atoms with Crippen LogP contribution in [-0.2, 0) is 25.7 Å². The van der Waals surface area contributed by atoms with Gasteiger partial charge in [-0.2, -0.15) is 0 Å². The molecule has 38 heavy (non-hydrogen) atoms. The summed E-state index contributed by atoms with van der Waals surface area (Å²) < 4.78 is 0. The summed E-state index contributed by atoms with van der Waals surface area (Å²) in [5.41, 5.74) is 11.5. The molecule has 7 aromatic carbocycles. The smallest absolute Gasteiger partial charge is 0.00199 e. The largest absolute Gasteiger partial charge is 0.0616 e. The molecule has 0 heteroatoms. The first-order valence-corrected chi connectivity index (χ1v) is 13.9. The van der Waals surface area contributed by atoms with Gasteiger partial charge < -0.3 is 0 Å². The Kier molecular flexibility index (Phi) is 4.10. The second kappa shape index (κ2) is 7.55. The molecule has 0 nitrogen and oxygen atoms in total. The van der Waals surface area contributed by atoms with Gasteiger partial charge in [-0.05, 0) is 119 Å². The maximum atomic E-state index is 2.45. The monoisotopic (exact) mass is 482 g/mol. The maximum absolute atomic E-state index is 2.45. The summed E-state index contributed by atoms with van der Waals surface area (Å²) in [6.45, 7) is 0. The van der Waals surface area contributed by atoms with E-state index in [2.05, 4.69) is 109 Å². The van der Waals surface area contributed by atoms with Gasteiger partial charge in [-0.25, -0.2) is 0 Å². The molecule has 0 unspecified atom stereocenters. The minimum atomic E-state index is 1.18. The van der Waals surface area contributed by atoms with Crippen molar-refractivity contribution in [3.8, 4) is 22.3 Å². The first-order chi connectivity index (χ1) is 18.8. The summed E-state index contributed by atoms with van der Waals surface area (Å²) in [6.07, 6.45) is 4.79. The van der Waals surface area contributed by atoms with E-state index in [1.807, 2.05) is 0 Å². The van der Waals surface area contributed by atoms with Crippen LogP contribution in [0.3, 0.4) is 0 Å². The Bertz CT molecular complexity index is 2070. The van der Waals surface area contributed by atoms with Crippen molar-refractivity contribution in [3.05, 3.63) is 131 Å². The Balaban J connectivity index is 1.47. The summed E-state index contributed by atoms with van der Waals surface area (Å²) >= 11 is 0. The highest BCUT2D eigenvalue weighted by Gasteiger charge is 2.23. The van der Waals surface area contributed by atoms with E-state index in [4.69, 9.17) is 0 Å². The van der Waals surface area contributed by atoms with Crippen LogP contribution < -0.4 is 0 Å². The van der Waals surface area contributed by atoms with Gasteiger partial charge in [0.05, 0.1) is 0 Å². The molecular weight excluding hydrogens is 456 g/mol. The topological polar surface area (TPSA) is 0 Å². The van der Waals surface area contributed by atoms with Crippen LogP contribution >= 0.6 is 0 Å². The fourth-order valence-electron chi connectivity index (χ4n) is 7.20. The molecule has 7 aromatic rings. The highest BCUT2D eigenvalue weighted by atomic mass is 14.3. The van der Waals surface area contributed by atoms with Crippen molar-refractivity contribution < 1.29 is 0 Å². The van der Waals surface area contributed by atoms with Crippen LogP contribution in [0.5, 0.6) is 0 Å². The molecule has 0 fully saturated rings. The molecule has 0 spiro atoms. The van der Waals surface area contributed by atoms with E-state index in [-0.39, 0.29) is 0 Å². The first-order valence-electron chi connectivity index (χ1n) is 13.9. The molecule has 0 saturated heterocycles. The molecule has 0 amide bonds. The van der Waals surface area contributed by atoms with Gasteiger partial charge >= 0.3 is 0 Å². The number of fused-ring (bicyclic) bond motifs is 8. The van der Waals surface area contributed by atoms with Gasteiger partial charge in [-0.15, -0.1) is 0 Å². The van der Waals surface area contributed by atoms with Gasteiger partial charge in [-0.3, -0.25) is 0 Å². The second-order valence-corrected chi connectivity index (χ2v) is 11.1. The minimum Gasteiger partial charge on any atom is -0.0616 e. The molecule has 0 atom stereocenters. The van der Waals surface area contributed by atoms with Crippen molar-refractivity contribution in [2.75, 3.05) is 0 Å². The van der Waals surface area contributed by atoms with Gasteiger partial charge in [0.2, 0.25) is 0 Å². The third-order valence-electron chi connectivity index (χ3n) is 9.23. The van der Waals surface area contributed by atoms with Crippen molar-refractivity contribution in [2.45, 2.75) is 25.7 Å². The highest BCUT2D eigenvalue weighted by Crippen LogP contribution is 2.48. The zero-order valence-electron chi connectivity index (χ0n) is 21.2. The maximum Gasteiger partial charge on any atom is -0.00199 e. The Morgan fingerprint density at radius 2 is 1.00 bits per heavy atom. The molecule has 0 radical (unpaired) electrons. The van der Waals surface area contributed by atoms with Crippen LogP contribution in [0.25, 0.3) is 65.3 Å². The molecule has 0 N–H and O–H groups in total. The summed E-state index contributed by atoms with van der Waals surface area (Å²) in [5.74, 6) is 0. The standard InChI is InChI=1S/C38H26/c1-2-8-28-26(7-1)22-35(34-20-18-24-17-19-29(24)37(28)34)38-32-11-5-3-9-30(32)36(31-10-4-6-12-33(31)38)27-16-14-23-13-15-25(23)21-27/h1-12,14,16,18,20-22H,13,15,17,19H2. The van der Waals surface area contributed by atoms with Crippen LogP contribution in [-0.4, -0.2) is 0 Å². The van der Waals surface area contributed by atoms with E-state index >= 15 is 0 Å². The second-order valence-electron chi connectivity index (χ2n) is 11.1. The van der Waals surface area contributed by atoms with E-state index in [1.165, 1.54) is 108 Å². The first kappa shape index (κ1) is 20.6. The van der Waals surface area contributed by atoms with Crippen molar-refractivity contribution in [3.63, 3.8) is 0 Å². The van der Waals surface area contributed by atoms with E-state index in [9.17, 15) is 0 Å². The fraction of sp³-hybridized carbons (Fsp3) is 0.105. The number of benzene rings is 7. The quantitative estimate of drug-likeness (QED) is 0.170. The Labute approximate surface area is 222 Å². The van der Waals surface area contributed by atoms with E-state index in [0.29, 0.717) is 0 Å². The molecule has 0 heterocycles. The van der Waals surface area contributed by atoms with Crippen molar-refractivity contribution in [1.82, 2.24) is 0 Å². The molecule has 9 rings (SSSR count). The van der Waals surface area contributed by atoms with Crippen LogP contribution in [0.1, 0.15) is 22.3 Å². The van der Waals surface area contributed by atoms with E-state index in [0.717, 1.165) is 0 Å². The zero-order valence-corrected chi connectivity index (χ0v) is 21.2. The lowest BCUT2D eigenvalue weighted by molar-refractivity contribution is 0.840. The molecule has 2 aliphatic rings. The molecule has 0 bridgehead atoms. The number of rotatable bonds is 2. The lowest BCUT2D eigenvalue weighted by atomic mass is 9.78. The van der Waals surface area contributed by atoms with Gasteiger partial charge in [0.25, 0.3) is 0 Å². The third-order valence-corrected chi connectivity index (χ3v) is 9.23.